The SMILES string of the molecule is CCN1CCN(C2CN(c3nc(COC)no3)C2)CC1. The van der Waals surface area contributed by atoms with E-state index in [0.717, 1.165) is 19.6 Å². The molecule has 2 aliphatic rings. The van der Waals surface area contributed by atoms with Gasteiger partial charge < -0.3 is 19.1 Å². The molecule has 2 saturated heterocycles. The van der Waals surface area contributed by atoms with Crippen molar-refractivity contribution in [1.29, 1.82) is 0 Å². The molecular formula is C13H23N5O2. The molecule has 3 rings (SSSR count). The Hall–Kier alpha value is -1.18. The molecule has 0 aromatic carbocycles. The van der Waals surface area contributed by atoms with Gasteiger partial charge in [0, 0.05) is 52.4 Å². The number of piperazine rings is 1. The lowest BCUT2D eigenvalue weighted by Crippen LogP contribution is -2.63. The molecule has 2 aliphatic heterocycles. The second kappa shape index (κ2) is 6.07. The Kier molecular flexibility index (Phi) is 4.18. The normalized spacial score (nSPS) is 22.2. The minimum Gasteiger partial charge on any atom is -0.377 e. The number of aromatic nitrogens is 2. The first-order valence-corrected chi connectivity index (χ1v) is 7.33. The van der Waals surface area contributed by atoms with Crippen LogP contribution >= 0.6 is 0 Å². The van der Waals surface area contributed by atoms with Gasteiger partial charge in [0.15, 0.2) is 5.82 Å². The van der Waals surface area contributed by atoms with E-state index < -0.39 is 0 Å². The van der Waals surface area contributed by atoms with Gasteiger partial charge in [0.1, 0.15) is 6.61 Å². The molecular weight excluding hydrogens is 258 g/mol. The third-order valence-corrected chi connectivity index (χ3v) is 4.23. The first kappa shape index (κ1) is 13.8. The van der Waals surface area contributed by atoms with Gasteiger partial charge in [0.2, 0.25) is 0 Å². The standard InChI is InChI=1S/C13H23N5O2/c1-3-16-4-6-17(7-5-16)11-8-18(9-11)13-14-12(10-19-2)15-20-13/h11H,3-10H2,1-2H3. The Morgan fingerprint density at radius 3 is 2.65 bits per heavy atom. The van der Waals surface area contributed by atoms with E-state index in [1.165, 1.54) is 26.2 Å². The van der Waals surface area contributed by atoms with Crippen molar-refractivity contribution in [2.24, 2.45) is 0 Å². The Balaban J connectivity index is 1.46. The third-order valence-electron chi connectivity index (χ3n) is 4.23. The molecule has 112 valence electrons. The van der Waals surface area contributed by atoms with E-state index in [4.69, 9.17) is 9.26 Å². The maximum Gasteiger partial charge on any atom is 0.324 e. The van der Waals surface area contributed by atoms with Crippen LogP contribution in [0.15, 0.2) is 4.52 Å². The summed E-state index contributed by atoms with van der Waals surface area (Å²) >= 11 is 0. The van der Waals surface area contributed by atoms with Crippen LogP contribution in [0.3, 0.4) is 0 Å². The highest BCUT2D eigenvalue weighted by Crippen LogP contribution is 2.23. The summed E-state index contributed by atoms with van der Waals surface area (Å²) in [4.78, 5) is 11.5. The summed E-state index contributed by atoms with van der Waals surface area (Å²) in [6.45, 7) is 10.5. The average molecular weight is 281 g/mol. The summed E-state index contributed by atoms with van der Waals surface area (Å²) in [5.74, 6) is 0.613. The van der Waals surface area contributed by atoms with Crippen molar-refractivity contribution in [2.45, 2.75) is 19.6 Å². The van der Waals surface area contributed by atoms with Crippen molar-refractivity contribution in [3.63, 3.8) is 0 Å². The Morgan fingerprint density at radius 2 is 2.00 bits per heavy atom. The Labute approximate surface area is 119 Å². The van der Waals surface area contributed by atoms with Crippen LogP contribution in [0, 0.1) is 0 Å². The fourth-order valence-electron chi connectivity index (χ4n) is 2.85. The van der Waals surface area contributed by atoms with E-state index in [-0.39, 0.29) is 0 Å². The molecule has 7 heteroatoms. The van der Waals surface area contributed by atoms with E-state index in [1.807, 2.05) is 0 Å². The molecule has 7 nitrogen and oxygen atoms in total. The number of rotatable bonds is 5. The monoisotopic (exact) mass is 281 g/mol. The van der Waals surface area contributed by atoms with E-state index in [9.17, 15) is 0 Å². The maximum absolute atomic E-state index is 5.25. The van der Waals surface area contributed by atoms with E-state index in [2.05, 4.69) is 31.8 Å². The van der Waals surface area contributed by atoms with Crippen molar-refractivity contribution in [1.82, 2.24) is 19.9 Å². The van der Waals surface area contributed by atoms with E-state index in [1.54, 1.807) is 7.11 Å². The largest absolute Gasteiger partial charge is 0.377 e. The molecule has 0 atom stereocenters. The number of nitrogens with zero attached hydrogens (tertiary/aromatic N) is 5. The number of hydrogen-bond acceptors (Lipinski definition) is 7. The molecule has 0 unspecified atom stereocenters. The topological polar surface area (TPSA) is 57.9 Å². The van der Waals surface area contributed by atoms with Crippen molar-refractivity contribution in [3.8, 4) is 0 Å². The zero-order chi connectivity index (χ0) is 13.9. The van der Waals surface area contributed by atoms with Crippen LogP contribution in [0.4, 0.5) is 6.01 Å². The van der Waals surface area contributed by atoms with Crippen LogP contribution < -0.4 is 4.90 Å². The van der Waals surface area contributed by atoms with Crippen LogP contribution in [0.1, 0.15) is 12.7 Å². The van der Waals surface area contributed by atoms with Gasteiger partial charge in [-0.05, 0) is 6.54 Å². The van der Waals surface area contributed by atoms with Crippen LogP contribution in [0.5, 0.6) is 0 Å². The van der Waals surface area contributed by atoms with Gasteiger partial charge in [-0.25, -0.2) is 0 Å². The fourth-order valence-corrected chi connectivity index (χ4v) is 2.85. The van der Waals surface area contributed by atoms with Crippen LogP contribution in [-0.4, -0.2) is 78.9 Å². The zero-order valence-electron chi connectivity index (χ0n) is 12.3. The number of anilines is 1. The second-order valence-electron chi connectivity index (χ2n) is 5.46. The molecule has 2 fully saturated rings. The average Bonchev–Trinajstić information content (AvgIpc) is 2.87. The lowest BCUT2D eigenvalue weighted by Gasteiger charge is -2.47. The molecule has 0 radical (unpaired) electrons. The smallest absolute Gasteiger partial charge is 0.324 e. The summed E-state index contributed by atoms with van der Waals surface area (Å²) in [7, 11) is 1.63. The lowest BCUT2D eigenvalue weighted by molar-refractivity contribution is 0.0840. The van der Waals surface area contributed by atoms with Gasteiger partial charge in [-0.1, -0.05) is 12.1 Å². The molecule has 0 bridgehead atoms. The van der Waals surface area contributed by atoms with Gasteiger partial charge in [0.25, 0.3) is 0 Å². The molecule has 0 amide bonds. The van der Waals surface area contributed by atoms with Crippen LogP contribution in [0.25, 0.3) is 0 Å². The van der Waals surface area contributed by atoms with Gasteiger partial charge in [-0.3, -0.25) is 4.90 Å². The molecule has 20 heavy (non-hydrogen) atoms. The molecule has 3 heterocycles. The highest BCUT2D eigenvalue weighted by molar-refractivity contribution is 5.31. The highest BCUT2D eigenvalue weighted by atomic mass is 16.5. The molecule has 0 spiro atoms. The summed E-state index contributed by atoms with van der Waals surface area (Å²) in [5, 5.41) is 3.89. The van der Waals surface area contributed by atoms with E-state index >= 15 is 0 Å². The number of methoxy groups -OCH3 is 1. The predicted octanol–water partition coefficient (Wildman–Crippen LogP) is 0.0421. The Bertz CT molecular complexity index is 424. The van der Waals surface area contributed by atoms with Crippen LogP contribution in [0.2, 0.25) is 0 Å². The maximum atomic E-state index is 5.25. The molecule has 0 saturated carbocycles. The third kappa shape index (κ3) is 2.79. The lowest BCUT2D eigenvalue weighted by atomic mass is 10.1. The summed E-state index contributed by atoms with van der Waals surface area (Å²) < 4.78 is 10.2. The first-order valence-electron chi connectivity index (χ1n) is 7.33. The van der Waals surface area contributed by atoms with Crippen molar-refractivity contribution < 1.29 is 9.26 Å². The fraction of sp³-hybridized carbons (Fsp3) is 0.846. The highest BCUT2D eigenvalue weighted by Gasteiger charge is 2.35. The summed E-state index contributed by atoms with van der Waals surface area (Å²) in [6.07, 6.45) is 0. The number of likely N-dealkylation sites (N-methyl/N-ethyl adjacent to an activating group) is 1. The van der Waals surface area contributed by atoms with Crippen molar-refractivity contribution >= 4 is 6.01 Å². The summed E-state index contributed by atoms with van der Waals surface area (Å²) in [6, 6.07) is 1.26. The van der Waals surface area contributed by atoms with Crippen molar-refractivity contribution in [3.05, 3.63) is 5.82 Å². The minimum atomic E-state index is 0.403. The second-order valence-corrected chi connectivity index (χ2v) is 5.46. The predicted molar refractivity (Wildman–Crippen MR) is 74.7 cm³/mol. The van der Waals surface area contributed by atoms with E-state index in [0.29, 0.717) is 24.5 Å². The molecule has 0 N–H and O–H groups in total. The molecule has 0 aliphatic carbocycles. The first-order chi connectivity index (χ1) is 9.80. The van der Waals surface area contributed by atoms with Gasteiger partial charge in [0.05, 0.1) is 0 Å². The summed E-state index contributed by atoms with van der Waals surface area (Å²) in [5.41, 5.74) is 0. The van der Waals surface area contributed by atoms with Gasteiger partial charge in [-0.15, -0.1) is 0 Å². The van der Waals surface area contributed by atoms with Gasteiger partial charge >= 0.3 is 6.01 Å². The zero-order valence-corrected chi connectivity index (χ0v) is 12.3. The van der Waals surface area contributed by atoms with Crippen molar-refractivity contribution in [2.75, 3.05) is 57.8 Å². The number of ether oxygens (including phenoxy) is 1. The molecule has 1 aromatic rings. The van der Waals surface area contributed by atoms with Gasteiger partial charge in [-0.2, -0.15) is 4.98 Å². The Morgan fingerprint density at radius 1 is 1.25 bits per heavy atom. The number of hydrogen-bond donors (Lipinski definition) is 0. The van der Waals surface area contributed by atoms with Crippen LogP contribution in [-0.2, 0) is 11.3 Å². The molecule has 1 aromatic heterocycles. The minimum absolute atomic E-state index is 0.403. The quantitative estimate of drug-likeness (QED) is 0.755.